The third kappa shape index (κ3) is 10.6. The number of hydrogen-bond donors (Lipinski definition) is 0. The molecule has 2 atom stereocenters. The molecule has 152 valence electrons. The maximum atomic E-state index is 13.1. The normalized spacial score (nSPS) is 16.8. The largest absolute Gasteiger partial charge is 0.391 e. The summed E-state index contributed by atoms with van der Waals surface area (Å²) < 4.78 is 152. The van der Waals surface area contributed by atoms with Gasteiger partial charge in [-0.2, -0.15) is 43.9 Å². The monoisotopic (exact) mass is 402 g/mol. The molecule has 0 saturated carbocycles. The van der Waals surface area contributed by atoms with Crippen LogP contribution in [-0.4, -0.2) is 36.9 Å². The average Bonchev–Trinajstić information content (AvgIpc) is 2.33. The lowest BCUT2D eigenvalue weighted by Gasteiger charge is -2.28. The summed E-state index contributed by atoms with van der Waals surface area (Å²) in [6.07, 6.45) is -35.9. The molecule has 0 spiro atoms. The van der Waals surface area contributed by atoms with E-state index in [0.29, 0.717) is 0 Å². The predicted molar refractivity (Wildman–Crippen MR) is 60.6 cm³/mol. The van der Waals surface area contributed by atoms with Crippen molar-refractivity contribution >= 4 is 0 Å². The number of alkyl halides is 12. The van der Waals surface area contributed by atoms with Crippen molar-refractivity contribution in [2.45, 2.75) is 75.4 Å². The van der Waals surface area contributed by atoms with Gasteiger partial charge in [0.2, 0.25) is 0 Å². The Morgan fingerprint density at radius 1 is 0.560 bits per heavy atom. The Hall–Kier alpha value is -0.880. The van der Waals surface area contributed by atoms with Crippen LogP contribution in [0, 0.1) is 0 Å². The minimum absolute atomic E-state index is 1.15. The zero-order valence-electron chi connectivity index (χ0n) is 12.3. The van der Waals surface area contributed by atoms with Crippen LogP contribution in [0.1, 0.15) is 38.5 Å². The molecule has 0 saturated heterocycles. The first-order valence-electron chi connectivity index (χ1n) is 6.84. The van der Waals surface area contributed by atoms with E-state index in [9.17, 15) is 52.7 Å². The number of hydrogen-bond acceptors (Lipinski definition) is 1. The van der Waals surface area contributed by atoms with E-state index in [2.05, 4.69) is 4.74 Å². The molecule has 0 aromatic carbocycles. The van der Waals surface area contributed by atoms with E-state index in [1.165, 1.54) is 0 Å². The fraction of sp³-hybridized carbons (Fsp3) is 1.00. The SMILES string of the molecule is FC(CCCC(F)(F)F)C(F)(F)OC(F)(F)C(F)CCCC(F)(F)F. The molecule has 1 nitrogen and oxygen atoms in total. The molecule has 0 heterocycles. The summed E-state index contributed by atoms with van der Waals surface area (Å²) in [6, 6.07) is 0. The zero-order valence-corrected chi connectivity index (χ0v) is 12.3. The Morgan fingerprint density at radius 2 is 0.840 bits per heavy atom. The van der Waals surface area contributed by atoms with Gasteiger partial charge in [-0.1, -0.05) is 0 Å². The van der Waals surface area contributed by atoms with Crippen molar-refractivity contribution in [3.05, 3.63) is 0 Å². The lowest BCUT2D eigenvalue weighted by Crippen LogP contribution is -2.45. The Bertz CT molecular complexity index is 353. The van der Waals surface area contributed by atoms with Crippen LogP contribution in [0.4, 0.5) is 52.7 Å². The van der Waals surface area contributed by atoms with Crippen LogP contribution in [0.2, 0.25) is 0 Å². The predicted octanol–water partition coefficient (Wildman–Crippen LogP) is 6.33. The fourth-order valence-corrected chi connectivity index (χ4v) is 1.61. The fourth-order valence-electron chi connectivity index (χ4n) is 1.61. The van der Waals surface area contributed by atoms with E-state index < -0.39 is 75.4 Å². The Balaban J connectivity index is 4.55. The lowest BCUT2D eigenvalue weighted by atomic mass is 10.1. The smallest absolute Gasteiger partial charge is 0.251 e. The number of rotatable bonds is 10. The highest BCUT2D eigenvalue weighted by atomic mass is 19.4. The summed E-state index contributed by atoms with van der Waals surface area (Å²) in [4.78, 5) is 0. The van der Waals surface area contributed by atoms with Crippen LogP contribution in [-0.2, 0) is 4.74 Å². The summed E-state index contributed by atoms with van der Waals surface area (Å²) in [5, 5.41) is 0. The molecule has 13 heteroatoms. The second-order valence-electron chi connectivity index (χ2n) is 5.18. The summed E-state index contributed by atoms with van der Waals surface area (Å²) in [5.74, 6) is 0. The van der Waals surface area contributed by atoms with E-state index in [-0.39, 0.29) is 0 Å². The van der Waals surface area contributed by atoms with Crippen molar-refractivity contribution in [1.29, 1.82) is 0 Å². The second-order valence-corrected chi connectivity index (χ2v) is 5.18. The highest BCUT2D eigenvalue weighted by Gasteiger charge is 2.54. The molecule has 0 aromatic rings. The Labute approximate surface area is 134 Å². The van der Waals surface area contributed by atoms with Gasteiger partial charge in [0.1, 0.15) is 0 Å². The average molecular weight is 402 g/mol. The molecule has 0 aliphatic heterocycles. The van der Waals surface area contributed by atoms with Gasteiger partial charge in [-0.25, -0.2) is 8.78 Å². The highest BCUT2D eigenvalue weighted by molar-refractivity contribution is 4.75. The van der Waals surface area contributed by atoms with Crippen molar-refractivity contribution < 1.29 is 57.4 Å². The van der Waals surface area contributed by atoms with E-state index in [1.807, 2.05) is 0 Å². The minimum atomic E-state index is -5.32. The second kappa shape index (κ2) is 8.67. The third-order valence-electron chi connectivity index (χ3n) is 2.84. The van der Waals surface area contributed by atoms with Crippen LogP contribution >= 0.6 is 0 Å². The molecule has 0 fully saturated rings. The first kappa shape index (κ1) is 24.1. The standard InChI is InChI=1S/C12H14F12O/c13-7(3-1-5-9(15,16)17)11(21,22)25-12(23,24)8(14)4-2-6-10(18,19)20/h7-8H,1-6H2. The van der Waals surface area contributed by atoms with Crippen LogP contribution in [0.25, 0.3) is 0 Å². The summed E-state index contributed by atoms with van der Waals surface area (Å²) in [7, 11) is 0. The van der Waals surface area contributed by atoms with Gasteiger partial charge in [0.05, 0.1) is 0 Å². The Morgan fingerprint density at radius 3 is 1.08 bits per heavy atom. The van der Waals surface area contributed by atoms with E-state index in [1.54, 1.807) is 0 Å². The molecule has 0 N–H and O–H groups in total. The van der Waals surface area contributed by atoms with Crippen molar-refractivity contribution in [2.24, 2.45) is 0 Å². The van der Waals surface area contributed by atoms with Gasteiger partial charge in [-0.15, -0.1) is 0 Å². The van der Waals surface area contributed by atoms with E-state index >= 15 is 0 Å². The minimum Gasteiger partial charge on any atom is -0.251 e. The van der Waals surface area contributed by atoms with Gasteiger partial charge in [0, 0.05) is 12.8 Å². The van der Waals surface area contributed by atoms with Crippen LogP contribution in [0.15, 0.2) is 0 Å². The van der Waals surface area contributed by atoms with Gasteiger partial charge < -0.3 is 0 Å². The van der Waals surface area contributed by atoms with Crippen LogP contribution < -0.4 is 0 Å². The van der Waals surface area contributed by atoms with Crippen molar-refractivity contribution in [3.63, 3.8) is 0 Å². The van der Waals surface area contributed by atoms with Crippen LogP contribution in [0.5, 0.6) is 0 Å². The first-order chi connectivity index (χ1) is 11.0. The zero-order chi connectivity index (χ0) is 20.1. The van der Waals surface area contributed by atoms with Gasteiger partial charge in [-0.3, -0.25) is 4.74 Å². The molecule has 0 aromatic heterocycles. The summed E-state index contributed by atoms with van der Waals surface area (Å²) in [5.41, 5.74) is 0. The summed E-state index contributed by atoms with van der Waals surface area (Å²) in [6.45, 7) is 0. The van der Waals surface area contributed by atoms with Crippen LogP contribution in [0.3, 0.4) is 0 Å². The molecule has 0 aliphatic rings. The quantitative estimate of drug-likeness (QED) is 0.388. The molecular formula is C12H14F12O. The molecule has 0 radical (unpaired) electrons. The highest BCUT2D eigenvalue weighted by Crippen LogP contribution is 2.38. The summed E-state index contributed by atoms with van der Waals surface area (Å²) >= 11 is 0. The lowest BCUT2D eigenvalue weighted by molar-refractivity contribution is -0.407. The van der Waals surface area contributed by atoms with Gasteiger partial charge in [-0.05, 0) is 25.7 Å². The molecule has 0 bridgehead atoms. The Kier molecular flexibility index (Phi) is 8.37. The van der Waals surface area contributed by atoms with E-state index in [0.717, 1.165) is 0 Å². The molecule has 0 amide bonds. The van der Waals surface area contributed by atoms with Gasteiger partial charge in [0.25, 0.3) is 0 Å². The number of ether oxygens (including phenoxy) is 1. The van der Waals surface area contributed by atoms with Crippen molar-refractivity contribution in [1.82, 2.24) is 0 Å². The van der Waals surface area contributed by atoms with Crippen molar-refractivity contribution in [2.75, 3.05) is 0 Å². The molecule has 2 unspecified atom stereocenters. The maximum Gasteiger partial charge on any atom is 0.391 e. The van der Waals surface area contributed by atoms with Gasteiger partial charge in [0.15, 0.2) is 12.3 Å². The van der Waals surface area contributed by atoms with Crippen molar-refractivity contribution in [3.8, 4) is 0 Å². The molecule has 0 rings (SSSR count). The van der Waals surface area contributed by atoms with Gasteiger partial charge >= 0.3 is 24.6 Å². The molecular weight excluding hydrogens is 388 g/mol. The topological polar surface area (TPSA) is 9.23 Å². The third-order valence-corrected chi connectivity index (χ3v) is 2.84. The first-order valence-corrected chi connectivity index (χ1v) is 6.84. The molecule has 0 aliphatic carbocycles. The molecule has 25 heavy (non-hydrogen) atoms. The number of halogens is 12. The maximum absolute atomic E-state index is 13.1. The van der Waals surface area contributed by atoms with E-state index in [4.69, 9.17) is 0 Å².